The van der Waals surface area contributed by atoms with Crippen molar-refractivity contribution in [3.05, 3.63) is 87.2 Å². The number of rotatable bonds is 9. The number of ketones is 2. The normalized spacial score (nSPS) is 31.3. The first kappa shape index (κ1) is 41.1. The third kappa shape index (κ3) is 6.18. The number of amides is 1. The molecular weight excluding hydrogens is 746 g/mol. The minimum absolute atomic E-state index is 0.108. The van der Waals surface area contributed by atoms with Crippen LogP contribution >= 0.6 is 0 Å². The highest BCUT2D eigenvalue weighted by molar-refractivity contribution is 6.24. The van der Waals surface area contributed by atoms with Gasteiger partial charge in [0.2, 0.25) is 11.6 Å². The molecule has 1 heterocycles. The first-order valence-electron chi connectivity index (χ1n) is 18.4. The van der Waals surface area contributed by atoms with Crippen molar-refractivity contribution in [1.29, 1.82) is 0 Å². The number of para-hydroxylation sites is 1. The zero-order valence-corrected chi connectivity index (χ0v) is 32.1. The maximum Gasteiger partial charge on any atom is 0.342 e. The van der Waals surface area contributed by atoms with E-state index in [1.165, 1.54) is 37.4 Å². The number of Topliss-reactive ketones (excluding diaryl/α,β-unsaturated/α-hetero) is 2. The van der Waals surface area contributed by atoms with Crippen molar-refractivity contribution < 1.29 is 73.2 Å². The average molecular weight is 792 g/mol. The maximum atomic E-state index is 15.0. The largest absolute Gasteiger partial charge is 0.508 e. The van der Waals surface area contributed by atoms with Gasteiger partial charge in [-0.05, 0) is 51.3 Å². The van der Waals surface area contributed by atoms with Gasteiger partial charge in [-0.25, -0.2) is 9.59 Å². The van der Waals surface area contributed by atoms with Gasteiger partial charge in [0, 0.05) is 49.2 Å². The average Bonchev–Trinajstić information content (AvgIpc) is 3.17. The van der Waals surface area contributed by atoms with E-state index in [9.17, 15) is 49.5 Å². The number of esters is 2. The van der Waals surface area contributed by atoms with Crippen LogP contribution in [-0.2, 0) is 48.5 Å². The van der Waals surface area contributed by atoms with Crippen LogP contribution in [0.25, 0.3) is 5.76 Å². The molecule has 2 aromatic carbocycles. The van der Waals surface area contributed by atoms with E-state index in [1.807, 2.05) is 0 Å². The molecule has 6 rings (SSSR count). The Kier molecular flexibility index (Phi) is 10.9. The lowest BCUT2D eigenvalue weighted by molar-refractivity contribution is -0.191. The highest BCUT2D eigenvalue weighted by Crippen LogP contribution is 2.60. The minimum atomic E-state index is -2.63. The lowest BCUT2D eigenvalue weighted by Crippen LogP contribution is -2.66. The molecule has 0 aromatic heterocycles. The summed E-state index contributed by atoms with van der Waals surface area (Å²) in [4.78, 5) is 67.7. The molecule has 16 heteroatoms. The number of primary amides is 1. The Labute approximate surface area is 327 Å². The molecule has 7 N–H and O–H groups in total. The van der Waals surface area contributed by atoms with Crippen LogP contribution in [0.2, 0.25) is 0 Å². The van der Waals surface area contributed by atoms with Crippen LogP contribution < -0.4 is 5.73 Å². The molecule has 1 saturated carbocycles. The number of benzene rings is 2. The van der Waals surface area contributed by atoms with Crippen molar-refractivity contribution in [2.75, 3.05) is 14.2 Å². The quantitative estimate of drug-likeness (QED) is 0.121. The molecule has 4 aliphatic rings. The van der Waals surface area contributed by atoms with Gasteiger partial charge in [0.15, 0.2) is 17.8 Å². The number of phenolic OH excluding ortho intramolecular Hbond substituents is 2. The predicted molar refractivity (Wildman–Crippen MR) is 197 cm³/mol. The van der Waals surface area contributed by atoms with Gasteiger partial charge >= 0.3 is 11.9 Å². The number of aromatic hydroxyl groups is 2. The van der Waals surface area contributed by atoms with Crippen LogP contribution in [0.1, 0.15) is 80.1 Å². The van der Waals surface area contributed by atoms with Crippen molar-refractivity contribution in [3.8, 4) is 11.5 Å². The molecule has 16 nitrogen and oxygen atoms in total. The zero-order valence-electron chi connectivity index (χ0n) is 32.1. The van der Waals surface area contributed by atoms with Gasteiger partial charge in [-0.1, -0.05) is 37.3 Å². The summed E-state index contributed by atoms with van der Waals surface area (Å²) in [7, 11) is 2.33. The summed E-state index contributed by atoms with van der Waals surface area (Å²) in [5, 5.41) is 57.1. The molecule has 304 valence electrons. The van der Waals surface area contributed by atoms with Crippen LogP contribution in [0, 0.1) is 11.8 Å². The van der Waals surface area contributed by atoms with Gasteiger partial charge in [0.05, 0.1) is 29.5 Å². The number of ether oxygens (including phenoxy) is 5. The number of carbonyl (C=O) groups is 5. The van der Waals surface area contributed by atoms with Crippen LogP contribution in [0.4, 0.5) is 0 Å². The van der Waals surface area contributed by atoms with Crippen LogP contribution in [0.5, 0.6) is 11.5 Å². The predicted octanol–water partition coefficient (Wildman–Crippen LogP) is 3.42. The number of hydrogen-bond acceptors (Lipinski definition) is 15. The molecule has 1 aliphatic heterocycles. The van der Waals surface area contributed by atoms with Crippen molar-refractivity contribution in [2.24, 2.45) is 17.6 Å². The number of aliphatic hydroxyl groups excluding tert-OH is 3. The van der Waals surface area contributed by atoms with Crippen LogP contribution in [-0.4, -0.2) is 99.2 Å². The Morgan fingerprint density at radius 1 is 1.00 bits per heavy atom. The Hall–Kier alpha value is -5.55. The standard InChI is InChI=1S/C41H45NO15/c1-7-18(8-2)38(51)56-33-17(3)55-26(16-25(33)44)20-13-14-21-27(30(20)45)31(46)28-22(40(21,4)53-5)15-23-34(57-39(52)19-11-9-10-12-24(19)43)32(47)29(37(42)50)36(49)41(23,54-6)35(28)48/h7,9-14,17,22-23,25-26,33-34,43-46,49H,8,15-16H2,1-6H3,(H2,42,50)/t17-,22-,23-,25-,26+,33-,34+,40-,41-/m1/s1. The molecule has 0 unspecified atom stereocenters. The molecule has 3 aliphatic carbocycles. The number of methoxy groups -OCH3 is 2. The summed E-state index contributed by atoms with van der Waals surface area (Å²) < 4.78 is 29.1. The molecular formula is C41H45NO15. The second-order valence-electron chi connectivity index (χ2n) is 14.6. The van der Waals surface area contributed by atoms with Crippen molar-refractivity contribution in [2.45, 2.75) is 88.7 Å². The Bertz CT molecular complexity index is 2140. The summed E-state index contributed by atoms with van der Waals surface area (Å²) in [6, 6.07) is 8.36. The van der Waals surface area contributed by atoms with Crippen LogP contribution in [0.15, 0.2) is 65.0 Å². The second-order valence-corrected chi connectivity index (χ2v) is 14.6. The smallest absolute Gasteiger partial charge is 0.342 e. The van der Waals surface area contributed by atoms with Crippen LogP contribution in [0.3, 0.4) is 0 Å². The first-order valence-corrected chi connectivity index (χ1v) is 18.4. The molecule has 57 heavy (non-hydrogen) atoms. The van der Waals surface area contributed by atoms with Gasteiger partial charge in [0.25, 0.3) is 5.91 Å². The number of phenols is 2. The number of nitrogens with two attached hydrogens (primary N) is 1. The van der Waals surface area contributed by atoms with Crippen molar-refractivity contribution in [1.82, 2.24) is 0 Å². The molecule has 1 saturated heterocycles. The molecule has 0 bridgehead atoms. The zero-order chi connectivity index (χ0) is 41.9. The van der Waals surface area contributed by atoms with Crippen molar-refractivity contribution >= 4 is 35.2 Å². The van der Waals surface area contributed by atoms with Gasteiger partial charge < -0.3 is 55.0 Å². The molecule has 9 atom stereocenters. The number of aliphatic hydroxyl groups is 3. The van der Waals surface area contributed by atoms with E-state index < -0.39 is 117 Å². The number of carbonyl (C=O) groups excluding carboxylic acids is 5. The van der Waals surface area contributed by atoms with E-state index in [1.54, 1.807) is 39.8 Å². The third-order valence-electron chi connectivity index (χ3n) is 11.9. The molecule has 2 fully saturated rings. The van der Waals surface area contributed by atoms with Gasteiger partial charge in [-0.15, -0.1) is 0 Å². The fraction of sp³-hybridized carbons (Fsp3) is 0.439. The first-order chi connectivity index (χ1) is 26.9. The Morgan fingerprint density at radius 3 is 2.26 bits per heavy atom. The van der Waals surface area contributed by atoms with E-state index in [2.05, 4.69) is 0 Å². The maximum absolute atomic E-state index is 15.0. The fourth-order valence-corrected chi connectivity index (χ4v) is 8.82. The second kappa shape index (κ2) is 15.1. The molecule has 0 spiro atoms. The SMILES string of the molecule is CC=C(CC)C(=O)O[C@H]1[C@H](O)C[C@@H](c2ccc3c(c2O)C(O)=C2C(=O)[C@@]4(OC)C(O)=C(C(N)=O)C(=O)[C@@H](OC(=O)c5ccccc5O)[C@H]4C[C@H]2[C@]3(C)OC)O[C@@H]1C. The van der Waals surface area contributed by atoms with E-state index in [0.717, 1.165) is 7.11 Å². The summed E-state index contributed by atoms with van der Waals surface area (Å²) in [6.45, 7) is 6.66. The summed E-state index contributed by atoms with van der Waals surface area (Å²) in [6.07, 6.45) is -4.51. The minimum Gasteiger partial charge on any atom is -0.508 e. The van der Waals surface area contributed by atoms with Gasteiger partial charge in [-0.2, -0.15) is 0 Å². The summed E-state index contributed by atoms with van der Waals surface area (Å²) in [5.74, 6) is -11.3. The van der Waals surface area contributed by atoms with Gasteiger partial charge in [-0.3, -0.25) is 14.4 Å². The van der Waals surface area contributed by atoms with E-state index in [-0.39, 0.29) is 35.1 Å². The number of hydrogen-bond donors (Lipinski definition) is 6. The lowest BCUT2D eigenvalue weighted by Gasteiger charge is -2.53. The third-order valence-corrected chi connectivity index (χ3v) is 11.9. The summed E-state index contributed by atoms with van der Waals surface area (Å²) in [5.41, 5.74) is -0.00270. The topological polar surface area (TPSA) is 259 Å². The Balaban J connectivity index is 1.45. The number of fused-ring (bicyclic) bond motifs is 3. The van der Waals surface area contributed by atoms with Gasteiger partial charge in [0.1, 0.15) is 34.2 Å². The monoisotopic (exact) mass is 791 g/mol. The van der Waals surface area contributed by atoms with Crippen molar-refractivity contribution in [3.63, 3.8) is 0 Å². The van der Waals surface area contributed by atoms with E-state index in [4.69, 9.17) is 29.4 Å². The van der Waals surface area contributed by atoms with E-state index in [0.29, 0.717) is 12.0 Å². The van der Waals surface area contributed by atoms with E-state index >= 15 is 0 Å². The highest BCUT2D eigenvalue weighted by atomic mass is 16.6. The highest BCUT2D eigenvalue weighted by Gasteiger charge is 2.68. The molecule has 0 radical (unpaired) electrons. The fourth-order valence-electron chi connectivity index (χ4n) is 8.82. The Morgan fingerprint density at radius 2 is 1.68 bits per heavy atom. The summed E-state index contributed by atoms with van der Waals surface area (Å²) >= 11 is 0. The molecule has 2 aromatic rings. The lowest BCUT2D eigenvalue weighted by atomic mass is 9.55. The number of allylic oxidation sites excluding steroid dienone is 1. The molecule has 1 amide bonds.